The molecule has 7 heteroatoms. The van der Waals surface area contributed by atoms with Crippen molar-refractivity contribution in [3.8, 4) is 11.5 Å². The highest BCUT2D eigenvalue weighted by atomic mass is 32.2. The first-order chi connectivity index (χ1) is 13.0. The van der Waals surface area contributed by atoms with Gasteiger partial charge in [-0.05, 0) is 49.2 Å². The van der Waals surface area contributed by atoms with Crippen LogP contribution in [0.2, 0.25) is 0 Å². The lowest BCUT2D eigenvalue weighted by Crippen LogP contribution is -2.27. The maximum absolute atomic E-state index is 12.1. The van der Waals surface area contributed by atoms with E-state index in [2.05, 4.69) is 10.3 Å². The normalized spacial score (nSPS) is 14.9. The summed E-state index contributed by atoms with van der Waals surface area (Å²) in [7, 11) is -3.30. The number of benzene rings is 2. The highest BCUT2D eigenvalue weighted by molar-refractivity contribution is 7.91. The lowest BCUT2D eigenvalue weighted by atomic mass is 9.85. The molecule has 0 aliphatic heterocycles. The largest absolute Gasteiger partial charge is 0.436 e. The number of hydrogen-bond donors (Lipinski definition) is 1. The SMILES string of the molecule is CCS(=O)(=O)c1ccc2oc(-c3cccc(NC(=O)C4CCC4)c3)nc2c1. The van der Waals surface area contributed by atoms with Gasteiger partial charge < -0.3 is 9.73 Å². The van der Waals surface area contributed by atoms with Crippen molar-refractivity contribution in [2.24, 2.45) is 5.92 Å². The summed E-state index contributed by atoms with van der Waals surface area (Å²) in [6.07, 6.45) is 3.00. The van der Waals surface area contributed by atoms with Crippen molar-refractivity contribution < 1.29 is 17.6 Å². The van der Waals surface area contributed by atoms with E-state index in [1.807, 2.05) is 24.3 Å². The minimum absolute atomic E-state index is 0.0337. The number of aromatic nitrogens is 1. The lowest BCUT2D eigenvalue weighted by molar-refractivity contribution is -0.122. The lowest BCUT2D eigenvalue weighted by Gasteiger charge is -2.24. The summed E-state index contributed by atoms with van der Waals surface area (Å²) >= 11 is 0. The van der Waals surface area contributed by atoms with Gasteiger partial charge in [-0.1, -0.05) is 19.4 Å². The molecule has 1 fully saturated rings. The van der Waals surface area contributed by atoms with Crippen LogP contribution in [0.4, 0.5) is 5.69 Å². The molecule has 1 amide bonds. The predicted molar refractivity (Wildman–Crippen MR) is 103 cm³/mol. The van der Waals surface area contributed by atoms with Gasteiger partial charge in [-0.2, -0.15) is 0 Å². The Bertz CT molecular complexity index is 1110. The average molecular weight is 384 g/mol. The monoisotopic (exact) mass is 384 g/mol. The first-order valence-electron chi connectivity index (χ1n) is 9.01. The van der Waals surface area contributed by atoms with Crippen LogP contribution in [0.15, 0.2) is 51.8 Å². The Labute approximate surface area is 157 Å². The number of carbonyl (C=O) groups excluding carboxylic acids is 1. The fourth-order valence-electron chi connectivity index (χ4n) is 3.04. The Morgan fingerprint density at radius 1 is 1.22 bits per heavy atom. The van der Waals surface area contributed by atoms with Gasteiger partial charge in [-0.25, -0.2) is 13.4 Å². The third kappa shape index (κ3) is 3.47. The maximum Gasteiger partial charge on any atom is 0.227 e. The van der Waals surface area contributed by atoms with Gasteiger partial charge in [0, 0.05) is 17.2 Å². The summed E-state index contributed by atoms with van der Waals surface area (Å²) in [5.41, 5.74) is 2.42. The second-order valence-corrected chi connectivity index (χ2v) is 9.03. The number of nitrogens with one attached hydrogen (secondary N) is 1. The Kier molecular flexibility index (Phi) is 4.47. The molecule has 0 saturated heterocycles. The molecule has 0 radical (unpaired) electrons. The molecular formula is C20H20N2O4S. The van der Waals surface area contributed by atoms with Gasteiger partial charge in [0.1, 0.15) is 5.52 Å². The molecule has 1 saturated carbocycles. The fourth-order valence-corrected chi connectivity index (χ4v) is 3.94. The smallest absolute Gasteiger partial charge is 0.227 e. The molecule has 140 valence electrons. The number of nitrogens with zero attached hydrogens (tertiary/aromatic N) is 1. The Balaban J connectivity index is 1.64. The van der Waals surface area contributed by atoms with Crippen LogP contribution in [0.25, 0.3) is 22.6 Å². The average Bonchev–Trinajstić information content (AvgIpc) is 3.03. The molecule has 6 nitrogen and oxygen atoms in total. The molecular weight excluding hydrogens is 364 g/mol. The van der Waals surface area contributed by atoms with Crippen molar-refractivity contribution in [2.75, 3.05) is 11.1 Å². The summed E-state index contributed by atoms with van der Waals surface area (Å²) in [4.78, 5) is 16.8. The van der Waals surface area contributed by atoms with E-state index in [1.54, 1.807) is 13.0 Å². The number of hydrogen-bond acceptors (Lipinski definition) is 5. The van der Waals surface area contributed by atoms with Gasteiger partial charge in [-0.15, -0.1) is 0 Å². The minimum Gasteiger partial charge on any atom is -0.436 e. The highest BCUT2D eigenvalue weighted by Gasteiger charge is 2.25. The summed E-state index contributed by atoms with van der Waals surface area (Å²) in [5, 5.41) is 2.94. The second kappa shape index (κ2) is 6.81. The molecule has 1 aliphatic carbocycles. The molecule has 1 aromatic heterocycles. The van der Waals surface area contributed by atoms with Crippen LogP contribution in [0.5, 0.6) is 0 Å². The molecule has 27 heavy (non-hydrogen) atoms. The predicted octanol–water partition coefficient (Wildman–Crippen LogP) is 4.03. The molecule has 0 atom stereocenters. The Morgan fingerprint density at radius 3 is 2.74 bits per heavy atom. The van der Waals surface area contributed by atoms with Crippen molar-refractivity contribution >= 4 is 32.5 Å². The third-order valence-corrected chi connectivity index (χ3v) is 6.68. The van der Waals surface area contributed by atoms with Crippen molar-refractivity contribution in [3.05, 3.63) is 42.5 Å². The number of amides is 1. The van der Waals surface area contributed by atoms with E-state index < -0.39 is 9.84 Å². The molecule has 2 aromatic carbocycles. The third-order valence-electron chi connectivity index (χ3n) is 4.95. The minimum atomic E-state index is -3.30. The molecule has 4 rings (SSSR count). The Hall–Kier alpha value is -2.67. The molecule has 1 N–H and O–H groups in total. The van der Waals surface area contributed by atoms with E-state index in [1.165, 1.54) is 12.1 Å². The molecule has 0 spiro atoms. The van der Waals surface area contributed by atoms with Crippen LogP contribution in [0.1, 0.15) is 26.2 Å². The Morgan fingerprint density at radius 2 is 2.04 bits per heavy atom. The zero-order valence-electron chi connectivity index (χ0n) is 14.9. The van der Waals surface area contributed by atoms with Gasteiger partial charge in [0.15, 0.2) is 15.4 Å². The van der Waals surface area contributed by atoms with E-state index in [0.717, 1.165) is 24.8 Å². The van der Waals surface area contributed by atoms with E-state index in [0.29, 0.717) is 22.7 Å². The van der Waals surface area contributed by atoms with Gasteiger partial charge in [0.25, 0.3) is 0 Å². The summed E-state index contributed by atoms with van der Waals surface area (Å²) in [6.45, 7) is 1.61. The van der Waals surface area contributed by atoms with Gasteiger partial charge in [-0.3, -0.25) is 4.79 Å². The summed E-state index contributed by atoms with van der Waals surface area (Å²) in [5.74, 6) is 0.574. The van der Waals surface area contributed by atoms with Gasteiger partial charge in [0.05, 0.1) is 10.6 Å². The van der Waals surface area contributed by atoms with Crippen molar-refractivity contribution in [3.63, 3.8) is 0 Å². The topological polar surface area (TPSA) is 89.3 Å². The summed E-state index contributed by atoms with van der Waals surface area (Å²) < 4.78 is 29.9. The quantitative estimate of drug-likeness (QED) is 0.717. The zero-order chi connectivity index (χ0) is 19.0. The molecule has 0 unspecified atom stereocenters. The molecule has 1 heterocycles. The van der Waals surface area contributed by atoms with E-state index >= 15 is 0 Å². The first kappa shape index (κ1) is 17.7. The standard InChI is InChI=1S/C20H20N2O4S/c1-2-27(24,25)16-9-10-18-17(12-16)22-20(26-18)14-7-4-8-15(11-14)21-19(23)13-5-3-6-13/h4,7-13H,2-3,5-6H2,1H3,(H,21,23). The summed E-state index contributed by atoms with van der Waals surface area (Å²) in [6, 6.07) is 12.0. The van der Waals surface area contributed by atoms with Crippen LogP contribution >= 0.6 is 0 Å². The van der Waals surface area contributed by atoms with Crippen molar-refractivity contribution in [1.29, 1.82) is 0 Å². The number of oxazole rings is 1. The van der Waals surface area contributed by atoms with Crippen molar-refractivity contribution in [2.45, 2.75) is 31.1 Å². The van der Waals surface area contributed by atoms with E-state index in [-0.39, 0.29) is 22.5 Å². The van der Waals surface area contributed by atoms with Crippen LogP contribution < -0.4 is 5.32 Å². The van der Waals surface area contributed by atoms with E-state index in [9.17, 15) is 13.2 Å². The number of sulfone groups is 1. The first-order valence-corrected chi connectivity index (χ1v) is 10.7. The van der Waals surface area contributed by atoms with Gasteiger partial charge in [0.2, 0.25) is 11.8 Å². The number of anilines is 1. The van der Waals surface area contributed by atoms with E-state index in [4.69, 9.17) is 4.42 Å². The number of rotatable bonds is 5. The fraction of sp³-hybridized carbons (Fsp3) is 0.300. The molecule has 1 aliphatic rings. The highest BCUT2D eigenvalue weighted by Crippen LogP contribution is 2.30. The maximum atomic E-state index is 12.1. The van der Waals surface area contributed by atoms with Crippen LogP contribution in [-0.2, 0) is 14.6 Å². The van der Waals surface area contributed by atoms with Gasteiger partial charge >= 0.3 is 0 Å². The number of fused-ring (bicyclic) bond motifs is 1. The second-order valence-electron chi connectivity index (χ2n) is 6.75. The van der Waals surface area contributed by atoms with Crippen molar-refractivity contribution in [1.82, 2.24) is 4.98 Å². The van der Waals surface area contributed by atoms with Crippen LogP contribution in [-0.4, -0.2) is 25.1 Å². The molecule has 3 aromatic rings. The molecule has 0 bridgehead atoms. The number of carbonyl (C=O) groups is 1. The zero-order valence-corrected chi connectivity index (χ0v) is 15.8. The van der Waals surface area contributed by atoms with Crippen LogP contribution in [0.3, 0.4) is 0 Å². The van der Waals surface area contributed by atoms with Crippen LogP contribution in [0, 0.1) is 5.92 Å².